The van der Waals surface area contributed by atoms with Gasteiger partial charge in [-0.05, 0) is 31.0 Å². The first-order chi connectivity index (χ1) is 12.0. The Morgan fingerprint density at radius 3 is 3.12 bits per heavy atom. The number of amides is 1. The zero-order valence-corrected chi connectivity index (χ0v) is 13.7. The molecule has 2 aromatic rings. The summed E-state index contributed by atoms with van der Waals surface area (Å²) in [5.74, 6) is -2.33. The normalized spacial score (nSPS) is 21.4. The summed E-state index contributed by atoms with van der Waals surface area (Å²) in [5, 5.41) is 2.75. The standard InChI is InChI=1S/C18H19F2N3O2/c19-18(20)5-1-2-13(9-18)22-17(24)12-3-4-16-14(8-12)15-10-21-11-23(15)6-7-25-16/h3-4,8,10-11,13H,1-2,5-7,9H2,(H,22,24). The van der Waals surface area contributed by atoms with Crippen molar-refractivity contribution in [2.45, 2.75) is 44.2 Å². The molecule has 132 valence electrons. The Labute approximate surface area is 144 Å². The van der Waals surface area contributed by atoms with Gasteiger partial charge < -0.3 is 14.6 Å². The SMILES string of the molecule is O=C(NC1CCCC(F)(F)C1)c1ccc2c(c1)-c1cncn1CCO2. The number of rotatable bonds is 2. The highest BCUT2D eigenvalue weighted by molar-refractivity contribution is 5.96. The van der Waals surface area contributed by atoms with Crippen molar-refractivity contribution < 1.29 is 18.3 Å². The van der Waals surface area contributed by atoms with Gasteiger partial charge in [-0.15, -0.1) is 0 Å². The number of fused-ring (bicyclic) bond motifs is 3. The quantitative estimate of drug-likeness (QED) is 0.907. The van der Waals surface area contributed by atoms with Gasteiger partial charge in [0.15, 0.2) is 0 Å². The number of nitrogens with zero attached hydrogens (tertiary/aromatic N) is 2. The molecular weight excluding hydrogens is 328 g/mol. The van der Waals surface area contributed by atoms with Gasteiger partial charge in [-0.2, -0.15) is 0 Å². The fourth-order valence-electron chi connectivity index (χ4n) is 3.54. The van der Waals surface area contributed by atoms with Gasteiger partial charge in [0.25, 0.3) is 5.91 Å². The lowest BCUT2D eigenvalue weighted by Crippen LogP contribution is -2.42. The third-order valence-corrected chi connectivity index (χ3v) is 4.80. The third-order valence-electron chi connectivity index (χ3n) is 4.80. The van der Waals surface area contributed by atoms with Crippen LogP contribution in [0.1, 0.15) is 36.0 Å². The monoisotopic (exact) mass is 347 g/mol. The summed E-state index contributed by atoms with van der Waals surface area (Å²) in [6.07, 6.45) is 4.08. The second kappa shape index (κ2) is 6.13. The molecule has 1 aliphatic carbocycles. The first-order valence-corrected chi connectivity index (χ1v) is 8.48. The number of alkyl halides is 2. The fourth-order valence-corrected chi connectivity index (χ4v) is 3.54. The molecule has 1 fully saturated rings. The molecule has 4 rings (SSSR count). The van der Waals surface area contributed by atoms with Crippen LogP contribution in [0.2, 0.25) is 0 Å². The smallest absolute Gasteiger partial charge is 0.251 e. The average Bonchev–Trinajstić information content (AvgIpc) is 2.95. The summed E-state index contributed by atoms with van der Waals surface area (Å²) in [5.41, 5.74) is 2.11. The number of hydrogen-bond acceptors (Lipinski definition) is 3. The van der Waals surface area contributed by atoms with Crippen LogP contribution in [0.3, 0.4) is 0 Å². The maximum absolute atomic E-state index is 13.5. The van der Waals surface area contributed by atoms with Crippen LogP contribution in [-0.2, 0) is 6.54 Å². The van der Waals surface area contributed by atoms with Gasteiger partial charge in [-0.3, -0.25) is 4.79 Å². The van der Waals surface area contributed by atoms with Crippen LogP contribution in [0.5, 0.6) is 5.75 Å². The zero-order valence-electron chi connectivity index (χ0n) is 13.7. The first-order valence-electron chi connectivity index (χ1n) is 8.48. The van der Waals surface area contributed by atoms with Gasteiger partial charge in [-0.1, -0.05) is 0 Å². The van der Waals surface area contributed by atoms with Crippen molar-refractivity contribution in [2.75, 3.05) is 6.61 Å². The largest absolute Gasteiger partial charge is 0.491 e. The van der Waals surface area contributed by atoms with Crippen molar-refractivity contribution in [3.8, 4) is 17.0 Å². The van der Waals surface area contributed by atoms with Crippen LogP contribution in [0.25, 0.3) is 11.3 Å². The van der Waals surface area contributed by atoms with Crippen LogP contribution < -0.4 is 10.1 Å². The maximum Gasteiger partial charge on any atom is 0.251 e. The van der Waals surface area contributed by atoms with Crippen LogP contribution in [0, 0.1) is 0 Å². The Balaban J connectivity index is 1.57. The van der Waals surface area contributed by atoms with E-state index in [9.17, 15) is 13.6 Å². The van der Waals surface area contributed by atoms with E-state index in [1.807, 2.05) is 4.57 Å². The highest BCUT2D eigenvalue weighted by Gasteiger charge is 2.36. The Bertz CT molecular complexity index is 803. The molecule has 1 aromatic carbocycles. The number of carbonyl (C=O) groups is 1. The lowest BCUT2D eigenvalue weighted by molar-refractivity contribution is -0.0429. The summed E-state index contributed by atoms with van der Waals surface area (Å²) in [7, 11) is 0. The van der Waals surface area contributed by atoms with Crippen molar-refractivity contribution in [2.24, 2.45) is 0 Å². The number of benzene rings is 1. The number of ether oxygens (including phenoxy) is 1. The molecular formula is C18H19F2N3O2. The molecule has 0 radical (unpaired) electrons. The number of hydrogen-bond donors (Lipinski definition) is 1. The lowest BCUT2D eigenvalue weighted by atomic mass is 9.92. The Hall–Kier alpha value is -2.44. The second-order valence-electron chi connectivity index (χ2n) is 6.65. The Kier molecular flexibility index (Phi) is 3.94. The van der Waals surface area contributed by atoms with E-state index in [0.717, 1.165) is 11.3 Å². The molecule has 2 heterocycles. The van der Waals surface area contributed by atoms with Crippen molar-refractivity contribution in [1.82, 2.24) is 14.9 Å². The Morgan fingerprint density at radius 1 is 1.40 bits per heavy atom. The van der Waals surface area contributed by atoms with Crippen molar-refractivity contribution >= 4 is 5.91 Å². The van der Waals surface area contributed by atoms with E-state index in [1.54, 1.807) is 30.7 Å². The molecule has 1 saturated carbocycles. The van der Waals surface area contributed by atoms with Gasteiger partial charge in [0.2, 0.25) is 5.92 Å². The summed E-state index contributed by atoms with van der Waals surface area (Å²) in [6.45, 7) is 1.21. The molecule has 1 N–H and O–H groups in total. The van der Waals surface area contributed by atoms with Crippen LogP contribution in [0.15, 0.2) is 30.7 Å². The van der Waals surface area contributed by atoms with Gasteiger partial charge in [0.1, 0.15) is 12.4 Å². The molecule has 0 spiro atoms. The summed E-state index contributed by atoms with van der Waals surface area (Å²) in [6, 6.07) is 4.67. The zero-order chi connectivity index (χ0) is 17.4. The number of carbonyl (C=O) groups excluding carboxylic acids is 1. The second-order valence-corrected chi connectivity index (χ2v) is 6.65. The third kappa shape index (κ3) is 3.23. The van der Waals surface area contributed by atoms with E-state index in [1.165, 1.54) is 0 Å². The molecule has 1 amide bonds. The minimum atomic E-state index is -2.69. The number of halogens is 2. The molecule has 1 unspecified atom stereocenters. The van der Waals surface area contributed by atoms with Crippen molar-refractivity contribution in [1.29, 1.82) is 0 Å². The van der Waals surface area contributed by atoms with E-state index >= 15 is 0 Å². The van der Waals surface area contributed by atoms with E-state index in [-0.39, 0.29) is 18.7 Å². The molecule has 5 nitrogen and oxygen atoms in total. The van der Waals surface area contributed by atoms with Gasteiger partial charge in [-0.25, -0.2) is 13.8 Å². The van der Waals surface area contributed by atoms with Crippen LogP contribution in [0.4, 0.5) is 8.78 Å². The molecule has 1 atom stereocenters. The average molecular weight is 347 g/mol. The van der Waals surface area contributed by atoms with Gasteiger partial charge in [0.05, 0.1) is 24.8 Å². The summed E-state index contributed by atoms with van der Waals surface area (Å²) < 4.78 is 34.7. The van der Waals surface area contributed by atoms with Crippen LogP contribution in [-0.4, -0.2) is 34.0 Å². The lowest BCUT2D eigenvalue weighted by Gasteiger charge is -2.29. The first kappa shape index (κ1) is 16.1. The maximum atomic E-state index is 13.5. The molecule has 0 bridgehead atoms. The summed E-state index contributed by atoms with van der Waals surface area (Å²) >= 11 is 0. The van der Waals surface area contributed by atoms with E-state index in [0.29, 0.717) is 37.3 Å². The number of aromatic nitrogens is 2. The van der Waals surface area contributed by atoms with E-state index in [4.69, 9.17) is 4.74 Å². The van der Waals surface area contributed by atoms with Crippen molar-refractivity contribution in [3.63, 3.8) is 0 Å². The molecule has 2 aliphatic rings. The predicted molar refractivity (Wildman–Crippen MR) is 87.8 cm³/mol. The topological polar surface area (TPSA) is 56.2 Å². The molecule has 1 aromatic heterocycles. The minimum Gasteiger partial charge on any atom is -0.491 e. The number of nitrogens with one attached hydrogen (secondary N) is 1. The predicted octanol–water partition coefficient (Wildman–Crippen LogP) is 3.25. The highest BCUT2D eigenvalue weighted by Crippen LogP contribution is 2.34. The number of imidazole rings is 1. The van der Waals surface area contributed by atoms with E-state index < -0.39 is 12.0 Å². The molecule has 25 heavy (non-hydrogen) atoms. The minimum absolute atomic E-state index is 0.0977. The van der Waals surface area contributed by atoms with Crippen LogP contribution >= 0.6 is 0 Å². The molecule has 1 aliphatic heterocycles. The Morgan fingerprint density at radius 2 is 2.28 bits per heavy atom. The van der Waals surface area contributed by atoms with Gasteiger partial charge in [0, 0.05) is 30.0 Å². The molecule has 7 heteroatoms. The van der Waals surface area contributed by atoms with Crippen molar-refractivity contribution in [3.05, 3.63) is 36.3 Å². The van der Waals surface area contributed by atoms with E-state index in [2.05, 4.69) is 10.3 Å². The van der Waals surface area contributed by atoms with Gasteiger partial charge >= 0.3 is 0 Å². The summed E-state index contributed by atoms with van der Waals surface area (Å²) in [4.78, 5) is 16.7. The molecule has 0 saturated heterocycles. The fraction of sp³-hybridized carbons (Fsp3) is 0.444. The highest BCUT2D eigenvalue weighted by atomic mass is 19.3.